The molecule has 18 heavy (non-hydrogen) atoms. The minimum Gasteiger partial charge on any atom is -0.496 e. The van der Waals surface area contributed by atoms with E-state index >= 15 is 0 Å². The van der Waals surface area contributed by atoms with Crippen molar-refractivity contribution in [1.82, 2.24) is 0 Å². The van der Waals surface area contributed by atoms with Crippen molar-refractivity contribution in [3.8, 4) is 11.5 Å². The summed E-state index contributed by atoms with van der Waals surface area (Å²) in [6, 6.07) is 1.78. The van der Waals surface area contributed by atoms with Crippen molar-refractivity contribution in [1.29, 1.82) is 0 Å². The van der Waals surface area contributed by atoms with Crippen LogP contribution in [0.25, 0.3) is 0 Å². The van der Waals surface area contributed by atoms with Crippen molar-refractivity contribution >= 4 is 24.2 Å². The van der Waals surface area contributed by atoms with Crippen molar-refractivity contribution in [2.45, 2.75) is 20.3 Å². The zero-order chi connectivity index (χ0) is 13.7. The Hall–Kier alpha value is -1.36. The highest BCUT2D eigenvalue weighted by molar-refractivity contribution is 7.80. The van der Waals surface area contributed by atoms with E-state index in [1.165, 1.54) is 0 Å². The normalized spacial score (nSPS) is 10.1. The van der Waals surface area contributed by atoms with Crippen molar-refractivity contribution in [3.63, 3.8) is 0 Å². The molecule has 1 aromatic carbocycles. The number of rotatable bonds is 5. The number of methoxy groups -OCH3 is 2. The highest BCUT2D eigenvalue weighted by Crippen LogP contribution is 2.36. The third kappa shape index (κ3) is 3.10. The molecule has 0 aliphatic carbocycles. The van der Waals surface area contributed by atoms with Gasteiger partial charge in [-0.25, -0.2) is 0 Å². The standard InChI is InChI=1S/C13H19NO3S/c1-8-9(2)13(17-4)10(7-11(8)16-3)14-12(15)5-6-18/h7,18H,5-6H2,1-4H3,(H,14,15). The Morgan fingerprint density at radius 2 is 1.94 bits per heavy atom. The van der Waals surface area contributed by atoms with Gasteiger partial charge in [-0.15, -0.1) is 0 Å². The number of nitrogens with one attached hydrogen (secondary N) is 1. The molecule has 4 nitrogen and oxygen atoms in total. The van der Waals surface area contributed by atoms with E-state index in [2.05, 4.69) is 17.9 Å². The molecule has 1 aromatic rings. The van der Waals surface area contributed by atoms with Gasteiger partial charge in [0.05, 0.1) is 19.9 Å². The van der Waals surface area contributed by atoms with Crippen LogP contribution >= 0.6 is 12.6 Å². The fraction of sp³-hybridized carbons (Fsp3) is 0.462. The van der Waals surface area contributed by atoms with Crippen LogP contribution in [-0.2, 0) is 4.79 Å². The molecule has 0 heterocycles. The van der Waals surface area contributed by atoms with Gasteiger partial charge in [0.2, 0.25) is 5.91 Å². The average molecular weight is 269 g/mol. The maximum absolute atomic E-state index is 11.6. The van der Waals surface area contributed by atoms with Gasteiger partial charge >= 0.3 is 0 Å². The second-order valence-electron chi connectivity index (χ2n) is 3.93. The molecule has 0 unspecified atom stereocenters. The van der Waals surface area contributed by atoms with E-state index in [0.29, 0.717) is 23.6 Å². The Kier molecular flexibility index (Phi) is 5.34. The molecule has 0 aliphatic rings. The minimum atomic E-state index is -0.0893. The van der Waals surface area contributed by atoms with Gasteiger partial charge in [0.15, 0.2) is 0 Å². The molecule has 1 N–H and O–H groups in total. The van der Waals surface area contributed by atoms with Crippen LogP contribution in [0.4, 0.5) is 5.69 Å². The van der Waals surface area contributed by atoms with Crippen LogP contribution in [0.1, 0.15) is 17.5 Å². The van der Waals surface area contributed by atoms with E-state index in [0.717, 1.165) is 16.9 Å². The molecular formula is C13H19NO3S. The molecule has 100 valence electrons. The number of hydrogen-bond acceptors (Lipinski definition) is 4. The quantitative estimate of drug-likeness (QED) is 0.808. The van der Waals surface area contributed by atoms with E-state index in [-0.39, 0.29) is 5.91 Å². The summed E-state index contributed by atoms with van der Waals surface area (Å²) in [4.78, 5) is 11.6. The fourth-order valence-electron chi connectivity index (χ4n) is 1.74. The number of carbonyl (C=O) groups excluding carboxylic acids is 1. The van der Waals surface area contributed by atoms with Crippen LogP contribution in [0, 0.1) is 13.8 Å². The molecule has 0 spiro atoms. The number of carbonyl (C=O) groups is 1. The van der Waals surface area contributed by atoms with Gasteiger partial charge in [0.1, 0.15) is 11.5 Å². The van der Waals surface area contributed by atoms with Gasteiger partial charge in [-0.05, 0) is 30.7 Å². The SMILES string of the molecule is COc1cc(NC(=O)CCS)c(OC)c(C)c1C. The molecule has 0 aromatic heterocycles. The zero-order valence-corrected chi connectivity index (χ0v) is 12.1. The zero-order valence-electron chi connectivity index (χ0n) is 11.2. The molecule has 1 amide bonds. The van der Waals surface area contributed by atoms with Crippen LogP contribution in [0.15, 0.2) is 6.07 Å². The van der Waals surface area contributed by atoms with Gasteiger partial charge in [0, 0.05) is 12.5 Å². The maximum atomic E-state index is 11.6. The predicted molar refractivity (Wildman–Crippen MR) is 76.1 cm³/mol. The van der Waals surface area contributed by atoms with E-state index < -0.39 is 0 Å². The molecule has 0 atom stereocenters. The molecular weight excluding hydrogens is 250 g/mol. The molecule has 0 radical (unpaired) electrons. The first kappa shape index (κ1) is 14.7. The number of hydrogen-bond donors (Lipinski definition) is 2. The van der Waals surface area contributed by atoms with Crippen LogP contribution in [0.3, 0.4) is 0 Å². The minimum absolute atomic E-state index is 0.0893. The van der Waals surface area contributed by atoms with E-state index in [4.69, 9.17) is 9.47 Å². The highest BCUT2D eigenvalue weighted by Gasteiger charge is 2.15. The van der Waals surface area contributed by atoms with Crippen molar-refractivity contribution < 1.29 is 14.3 Å². The topological polar surface area (TPSA) is 47.6 Å². The second-order valence-corrected chi connectivity index (χ2v) is 4.38. The summed E-state index contributed by atoms with van der Waals surface area (Å²) >= 11 is 4.03. The summed E-state index contributed by atoms with van der Waals surface area (Å²) in [5.74, 6) is 1.82. The molecule has 0 fully saturated rings. The van der Waals surface area contributed by atoms with Crippen molar-refractivity contribution in [2.24, 2.45) is 0 Å². The van der Waals surface area contributed by atoms with Gasteiger partial charge in [-0.3, -0.25) is 4.79 Å². The predicted octanol–water partition coefficient (Wildman–Crippen LogP) is 2.58. The summed E-state index contributed by atoms with van der Waals surface area (Å²) in [6.07, 6.45) is 0.363. The average Bonchev–Trinajstić information content (AvgIpc) is 2.34. The molecule has 0 saturated carbocycles. The third-order valence-corrected chi connectivity index (χ3v) is 3.05. The van der Waals surface area contributed by atoms with E-state index in [9.17, 15) is 4.79 Å². The summed E-state index contributed by atoms with van der Waals surface area (Å²) in [5.41, 5.74) is 2.59. The molecule has 0 aliphatic heterocycles. The van der Waals surface area contributed by atoms with Crippen LogP contribution in [0.2, 0.25) is 0 Å². The number of benzene rings is 1. The fourth-order valence-corrected chi connectivity index (χ4v) is 1.95. The van der Waals surface area contributed by atoms with Crippen molar-refractivity contribution in [2.75, 3.05) is 25.3 Å². The van der Waals surface area contributed by atoms with Gasteiger partial charge in [-0.1, -0.05) is 0 Å². The molecule has 0 saturated heterocycles. The summed E-state index contributed by atoms with van der Waals surface area (Å²) in [5, 5.41) is 2.81. The molecule has 1 rings (SSSR count). The van der Waals surface area contributed by atoms with Gasteiger partial charge in [0.25, 0.3) is 0 Å². The summed E-state index contributed by atoms with van der Waals surface area (Å²) in [7, 11) is 3.19. The van der Waals surface area contributed by atoms with Crippen LogP contribution < -0.4 is 14.8 Å². The summed E-state index contributed by atoms with van der Waals surface area (Å²) < 4.78 is 10.6. The first-order chi connectivity index (χ1) is 8.54. The Morgan fingerprint density at radius 1 is 1.28 bits per heavy atom. The molecule has 0 bridgehead atoms. The summed E-state index contributed by atoms with van der Waals surface area (Å²) in [6.45, 7) is 3.89. The first-order valence-electron chi connectivity index (χ1n) is 5.68. The number of thiol groups is 1. The lowest BCUT2D eigenvalue weighted by atomic mass is 10.1. The van der Waals surface area contributed by atoms with Gasteiger partial charge in [-0.2, -0.15) is 12.6 Å². The van der Waals surface area contributed by atoms with Crippen molar-refractivity contribution in [3.05, 3.63) is 17.2 Å². The molecule has 5 heteroatoms. The number of ether oxygens (including phenoxy) is 2. The number of amides is 1. The smallest absolute Gasteiger partial charge is 0.225 e. The van der Waals surface area contributed by atoms with E-state index in [1.807, 2.05) is 13.8 Å². The highest BCUT2D eigenvalue weighted by atomic mass is 32.1. The second kappa shape index (κ2) is 6.54. The monoisotopic (exact) mass is 269 g/mol. The maximum Gasteiger partial charge on any atom is 0.225 e. The Labute approximate surface area is 113 Å². The van der Waals surface area contributed by atoms with Crippen LogP contribution in [-0.4, -0.2) is 25.9 Å². The lowest BCUT2D eigenvalue weighted by Crippen LogP contribution is -2.13. The Bertz CT molecular complexity index is 446. The van der Waals surface area contributed by atoms with E-state index in [1.54, 1.807) is 20.3 Å². The Morgan fingerprint density at radius 3 is 2.44 bits per heavy atom. The Balaban J connectivity index is 3.16. The number of anilines is 1. The van der Waals surface area contributed by atoms with Crippen LogP contribution in [0.5, 0.6) is 11.5 Å². The largest absolute Gasteiger partial charge is 0.496 e. The van der Waals surface area contributed by atoms with Gasteiger partial charge < -0.3 is 14.8 Å². The lowest BCUT2D eigenvalue weighted by Gasteiger charge is -2.17. The lowest BCUT2D eigenvalue weighted by molar-refractivity contribution is -0.115. The third-order valence-electron chi connectivity index (χ3n) is 2.83. The first-order valence-corrected chi connectivity index (χ1v) is 6.31.